The van der Waals surface area contributed by atoms with E-state index in [-0.39, 0.29) is 5.92 Å². The topological polar surface area (TPSA) is 91.8 Å². The molecule has 9 nitrogen and oxygen atoms in total. The zero-order chi connectivity index (χ0) is 31.0. The van der Waals surface area contributed by atoms with Gasteiger partial charge in [-0.05, 0) is 69.5 Å². The number of oxazole rings is 1. The molecule has 2 aliphatic heterocycles. The standard InChI is InChI=1S/C33H34ClFN4O5/c1-5-20(2)32(40)42-30-16-36-29(39(30)17-28-21(3)37-19-41-28)18-38-13-11-22(12-14-38)24-7-6-8-27-31(24)44-33(4,43-27)25-10-9-23(34)15-26(25)35/h6-10,15-16,19,22H,2,5,11-14,17-18H2,1,3-4H3. The number of hydrogen-bond donors (Lipinski definition) is 0. The predicted molar refractivity (Wildman–Crippen MR) is 161 cm³/mol. The third-order valence-corrected chi connectivity index (χ3v) is 8.62. The molecule has 44 heavy (non-hydrogen) atoms. The number of para-hydroxylation sites is 1. The van der Waals surface area contributed by atoms with Crippen LogP contribution in [-0.4, -0.2) is 38.5 Å². The van der Waals surface area contributed by atoms with Crippen LogP contribution in [0.25, 0.3) is 0 Å². The van der Waals surface area contributed by atoms with Gasteiger partial charge < -0.3 is 18.6 Å². The summed E-state index contributed by atoms with van der Waals surface area (Å²) < 4.78 is 40.4. The highest BCUT2D eigenvalue weighted by atomic mass is 35.5. The summed E-state index contributed by atoms with van der Waals surface area (Å²) in [7, 11) is 0. The van der Waals surface area contributed by atoms with Crippen molar-refractivity contribution in [2.75, 3.05) is 13.1 Å². The molecule has 4 heterocycles. The van der Waals surface area contributed by atoms with Gasteiger partial charge in [-0.3, -0.25) is 9.47 Å². The molecular weight excluding hydrogens is 587 g/mol. The summed E-state index contributed by atoms with van der Waals surface area (Å²) in [6.45, 7) is 11.8. The molecule has 0 radical (unpaired) electrons. The van der Waals surface area contributed by atoms with Gasteiger partial charge in [0.15, 0.2) is 17.9 Å². The second-order valence-electron chi connectivity index (χ2n) is 11.3. The zero-order valence-electron chi connectivity index (χ0n) is 24.9. The lowest BCUT2D eigenvalue weighted by Gasteiger charge is -2.32. The summed E-state index contributed by atoms with van der Waals surface area (Å²) in [4.78, 5) is 23.7. The largest absolute Gasteiger partial charge is 0.446 e. The Balaban J connectivity index is 1.16. The predicted octanol–water partition coefficient (Wildman–Crippen LogP) is 6.92. The summed E-state index contributed by atoms with van der Waals surface area (Å²) in [6.07, 6.45) is 5.23. The number of ether oxygens (including phenoxy) is 3. The molecule has 0 N–H and O–H groups in total. The highest BCUT2D eigenvalue weighted by molar-refractivity contribution is 6.30. The van der Waals surface area contributed by atoms with E-state index in [2.05, 4.69) is 27.5 Å². The van der Waals surface area contributed by atoms with Crippen molar-refractivity contribution in [3.05, 3.63) is 100 Å². The first-order valence-corrected chi connectivity index (χ1v) is 15.0. The first-order chi connectivity index (χ1) is 21.1. The molecule has 0 saturated carbocycles. The lowest BCUT2D eigenvalue weighted by atomic mass is 9.88. The van der Waals surface area contributed by atoms with Crippen LogP contribution in [0.15, 0.2) is 65.6 Å². The van der Waals surface area contributed by atoms with E-state index in [9.17, 15) is 9.18 Å². The molecular formula is C33H34ClFN4O5. The van der Waals surface area contributed by atoms with Crippen molar-refractivity contribution in [3.8, 4) is 17.4 Å². The van der Waals surface area contributed by atoms with Crippen molar-refractivity contribution in [2.45, 2.75) is 64.8 Å². The summed E-state index contributed by atoms with van der Waals surface area (Å²) in [5, 5.41) is 0.313. The molecule has 1 unspecified atom stereocenters. The number of aryl methyl sites for hydroxylation is 1. The van der Waals surface area contributed by atoms with E-state index in [0.717, 1.165) is 43.0 Å². The Morgan fingerprint density at radius 2 is 1.98 bits per heavy atom. The molecule has 11 heteroatoms. The van der Waals surface area contributed by atoms with Gasteiger partial charge in [0.25, 0.3) is 5.79 Å². The molecule has 4 aromatic rings. The van der Waals surface area contributed by atoms with Crippen molar-refractivity contribution in [1.29, 1.82) is 0 Å². The van der Waals surface area contributed by atoms with Crippen LogP contribution >= 0.6 is 11.6 Å². The molecule has 0 spiro atoms. The monoisotopic (exact) mass is 620 g/mol. The van der Waals surface area contributed by atoms with Crippen LogP contribution < -0.4 is 14.2 Å². The van der Waals surface area contributed by atoms with E-state index in [1.54, 1.807) is 25.3 Å². The number of nitrogens with zero attached hydrogens (tertiary/aromatic N) is 4. The van der Waals surface area contributed by atoms with Gasteiger partial charge in [-0.25, -0.2) is 19.2 Å². The maximum atomic E-state index is 14.8. The van der Waals surface area contributed by atoms with E-state index < -0.39 is 17.6 Å². The van der Waals surface area contributed by atoms with Crippen LogP contribution in [0, 0.1) is 12.7 Å². The number of hydrogen-bond acceptors (Lipinski definition) is 8. The summed E-state index contributed by atoms with van der Waals surface area (Å²) in [6, 6.07) is 10.4. The second kappa shape index (κ2) is 12.1. The number of imidazole rings is 1. The lowest BCUT2D eigenvalue weighted by Crippen LogP contribution is -2.34. The summed E-state index contributed by atoms with van der Waals surface area (Å²) in [5.74, 6) is 0.984. The Morgan fingerprint density at radius 1 is 1.18 bits per heavy atom. The first kappa shape index (κ1) is 29.9. The first-order valence-electron chi connectivity index (χ1n) is 14.7. The number of aromatic nitrogens is 3. The Hall–Kier alpha value is -4.15. The van der Waals surface area contributed by atoms with E-state index >= 15 is 0 Å². The average molecular weight is 621 g/mol. The normalized spacial score (nSPS) is 18.5. The van der Waals surface area contributed by atoms with Gasteiger partial charge in [0.2, 0.25) is 5.88 Å². The van der Waals surface area contributed by atoms with E-state index in [1.165, 1.54) is 12.5 Å². The SMILES string of the molecule is C=C(CC)C(=O)Oc1cnc(CN2CCC(c3cccc4c3OC(C)(c3ccc(Cl)cc3F)O4)CC2)n1Cc1ocnc1C. The number of benzene rings is 2. The van der Waals surface area contributed by atoms with Gasteiger partial charge >= 0.3 is 5.97 Å². The van der Waals surface area contributed by atoms with Crippen LogP contribution in [0.4, 0.5) is 4.39 Å². The molecule has 1 saturated heterocycles. The lowest BCUT2D eigenvalue weighted by molar-refractivity contribution is -0.130. The molecule has 1 atom stereocenters. The summed E-state index contributed by atoms with van der Waals surface area (Å²) >= 11 is 5.97. The Morgan fingerprint density at radius 3 is 2.68 bits per heavy atom. The quantitative estimate of drug-likeness (QED) is 0.147. The Labute approximate surface area is 260 Å². The van der Waals surface area contributed by atoms with Crippen LogP contribution in [-0.2, 0) is 23.7 Å². The third-order valence-electron chi connectivity index (χ3n) is 8.38. The van der Waals surface area contributed by atoms with Crippen molar-refractivity contribution < 1.29 is 27.8 Å². The van der Waals surface area contributed by atoms with Gasteiger partial charge in [0.05, 0.1) is 30.5 Å². The highest BCUT2D eigenvalue weighted by Gasteiger charge is 2.43. The van der Waals surface area contributed by atoms with Crippen molar-refractivity contribution in [1.82, 2.24) is 19.4 Å². The molecule has 230 valence electrons. The summed E-state index contributed by atoms with van der Waals surface area (Å²) in [5.41, 5.74) is 2.49. The fourth-order valence-electron chi connectivity index (χ4n) is 5.75. The molecule has 1 fully saturated rings. The van der Waals surface area contributed by atoms with E-state index in [1.807, 2.05) is 30.5 Å². The molecule has 2 aromatic carbocycles. The fourth-order valence-corrected chi connectivity index (χ4v) is 5.90. The van der Waals surface area contributed by atoms with Gasteiger partial charge in [0, 0.05) is 23.1 Å². The Kier molecular flexibility index (Phi) is 8.22. The van der Waals surface area contributed by atoms with Gasteiger partial charge in [-0.2, -0.15) is 0 Å². The number of halogens is 2. The van der Waals surface area contributed by atoms with Crippen molar-refractivity contribution >= 4 is 17.6 Å². The fraction of sp³-hybridized carbons (Fsp3) is 0.364. The van der Waals surface area contributed by atoms with E-state index in [0.29, 0.717) is 58.8 Å². The number of carbonyl (C=O) groups excluding carboxylic acids is 1. The maximum Gasteiger partial charge on any atom is 0.340 e. The molecule has 0 amide bonds. The minimum Gasteiger partial charge on any atom is -0.446 e. The van der Waals surface area contributed by atoms with Crippen LogP contribution in [0.3, 0.4) is 0 Å². The number of piperidine rings is 1. The van der Waals surface area contributed by atoms with Gasteiger partial charge in [-0.15, -0.1) is 0 Å². The van der Waals surface area contributed by atoms with Crippen molar-refractivity contribution in [3.63, 3.8) is 0 Å². The molecule has 2 aromatic heterocycles. The van der Waals surface area contributed by atoms with Crippen LogP contribution in [0.2, 0.25) is 5.02 Å². The smallest absolute Gasteiger partial charge is 0.340 e. The van der Waals surface area contributed by atoms with Crippen molar-refractivity contribution in [2.24, 2.45) is 0 Å². The second-order valence-corrected chi connectivity index (χ2v) is 11.7. The number of carbonyl (C=O) groups is 1. The average Bonchev–Trinajstić information content (AvgIpc) is 3.69. The minimum atomic E-state index is -1.29. The molecule has 0 bridgehead atoms. The van der Waals surface area contributed by atoms with Crippen LogP contribution in [0.1, 0.15) is 67.4 Å². The van der Waals surface area contributed by atoms with Gasteiger partial charge in [0.1, 0.15) is 17.4 Å². The number of likely N-dealkylation sites (tertiary alicyclic amines) is 1. The van der Waals surface area contributed by atoms with Gasteiger partial charge in [-0.1, -0.05) is 37.2 Å². The zero-order valence-corrected chi connectivity index (χ0v) is 25.7. The number of esters is 1. The Bertz CT molecular complexity index is 1710. The number of fused-ring (bicyclic) bond motifs is 1. The van der Waals surface area contributed by atoms with Crippen LogP contribution in [0.5, 0.6) is 17.4 Å². The minimum absolute atomic E-state index is 0.232. The van der Waals surface area contributed by atoms with E-state index in [4.69, 9.17) is 30.2 Å². The highest BCUT2D eigenvalue weighted by Crippen LogP contribution is 2.49. The maximum absolute atomic E-state index is 14.8. The number of rotatable bonds is 9. The molecule has 0 aliphatic carbocycles. The molecule has 6 rings (SSSR count). The third kappa shape index (κ3) is 5.84. The molecule has 2 aliphatic rings.